The number of carbonyl (C=O) groups is 1. The zero-order valence-electron chi connectivity index (χ0n) is 13.5. The lowest BCUT2D eigenvalue weighted by atomic mass is 10.1. The van der Waals surface area contributed by atoms with E-state index in [1.54, 1.807) is 0 Å². The van der Waals surface area contributed by atoms with E-state index in [2.05, 4.69) is 34.5 Å². The van der Waals surface area contributed by atoms with Crippen molar-refractivity contribution in [1.82, 2.24) is 5.32 Å². The normalized spacial score (nSPS) is 17.7. The molecule has 1 atom stereocenters. The minimum absolute atomic E-state index is 0.200. The Kier molecular flexibility index (Phi) is 7.23. The number of rotatable bonds is 9. The van der Waals surface area contributed by atoms with Crippen LogP contribution in [0.25, 0.3) is 0 Å². The number of amides is 1. The Bertz CT molecular complexity index is 435. The van der Waals surface area contributed by atoms with Crippen molar-refractivity contribution in [2.75, 3.05) is 31.1 Å². The Morgan fingerprint density at radius 2 is 1.95 bits per heavy atom. The number of nitrogens with zero attached hydrogens (tertiary/aromatic N) is 1. The van der Waals surface area contributed by atoms with E-state index in [0.717, 1.165) is 58.3 Å². The maximum atomic E-state index is 11.8. The van der Waals surface area contributed by atoms with Crippen LogP contribution in [-0.2, 0) is 4.79 Å². The maximum absolute atomic E-state index is 11.8. The predicted molar refractivity (Wildman–Crippen MR) is 91.9 cm³/mol. The van der Waals surface area contributed by atoms with E-state index in [1.165, 1.54) is 5.69 Å². The first-order valence-electron chi connectivity index (χ1n) is 8.56. The van der Waals surface area contributed by atoms with Crippen molar-refractivity contribution in [2.45, 2.75) is 38.5 Å². The number of anilines is 1. The highest BCUT2D eigenvalue weighted by Gasteiger charge is 2.22. The molecule has 0 radical (unpaired) electrons. The molecule has 1 aliphatic heterocycles. The van der Waals surface area contributed by atoms with Crippen LogP contribution in [0.2, 0.25) is 0 Å². The van der Waals surface area contributed by atoms with Gasteiger partial charge in [-0.05, 0) is 43.9 Å². The molecule has 1 fully saturated rings. The number of nitrogens with one attached hydrogen (secondary N) is 1. The average Bonchev–Trinajstić information content (AvgIpc) is 3.02. The summed E-state index contributed by atoms with van der Waals surface area (Å²) in [6.45, 7) is 3.70. The molecule has 4 heteroatoms. The second kappa shape index (κ2) is 9.46. The standard InChI is InChI=1S/C18H29N3O/c19-12-7-2-1-6-10-18(22)20-14-16-11-13-21(15-16)17-8-4-3-5-9-17/h3-5,8-9,16H,1-2,6-7,10-15,19H2,(H,20,22). The number of para-hydroxylation sites is 1. The third-order valence-electron chi connectivity index (χ3n) is 4.35. The van der Waals surface area contributed by atoms with Crippen LogP contribution in [0.1, 0.15) is 38.5 Å². The molecule has 2 rings (SSSR count). The fourth-order valence-corrected chi connectivity index (χ4v) is 3.00. The highest BCUT2D eigenvalue weighted by molar-refractivity contribution is 5.75. The Morgan fingerprint density at radius 1 is 1.18 bits per heavy atom. The molecule has 4 nitrogen and oxygen atoms in total. The molecule has 0 bridgehead atoms. The summed E-state index contributed by atoms with van der Waals surface area (Å²) in [5, 5.41) is 3.10. The van der Waals surface area contributed by atoms with Gasteiger partial charge in [0.25, 0.3) is 0 Å². The van der Waals surface area contributed by atoms with E-state index in [9.17, 15) is 4.79 Å². The minimum Gasteiger partial charge on any atom is -0.371 e. The zero-order chi connectivity index (χ0) is 15.6. The van der Waals surface area contributed by atoms with Gasteiger partial charge in [-0.25, -0.2) is 0 Å². The first-order chi connectivity index (χ1) is 10.8. The van der Waals surface area contributed by atoms with E-state index >= 15 is 0 Å². The van der Waals surface area contributed by atoms with Gasteiger partial charge >= 0.3 is 0 Å². The lowest BCUT2D eigenvalue weighted by Gasteiger charge is -2.18. The van der Waals surface area contributed by atoms with E-state index in [1.807, 2.05) is 6.07 Å². The van der Waals surface area contributed by atoms with Crippen LogP contribution < -0.4 is 16.0 Å². The summed E-state index contributed by atoms with van der Waals surface area (Å²) in [7, 11) is 0. The lowest BCUT2D eigenvalue weighted by molar-refractivity contribution is -0.121. The molecule has 3 N–H and O–H groups in total. The molecular weight excluding hydrogens is 274 g/mol. The number of hydrogen-bond acceptors (Lipinski definition) is 3. The molecule has 1 heterocycles. The summed E-state index contributed by atoms with van der Waals surface area (Å²) >= 11 is 0. The number of nitrogens with two attached hydrogens (primary N) is 1. The zero-order valence-corrected chi connectivity index (χ0v) is 13.5. The Balaban J connectivity index is 1.59. The molecular formula is C18H29N3O. The summed E-state index contributed by atoms with van der Waals surface area (Å²) < 4.78 is 0. The Morgan fingerprint density at radius 3 is 2.73 bits per heavy atom. The summed E-state index contributed by atoms with van der Waals surface area (Å²) in [6.07, 6.45) is 6.10. The molecule has 22 heavy (non-hydrogen) atoms. The molecule has 1 saturated heterocycles. The fraction of sp³-hybridized carbons (Fsp3) is 0.611. The topological polar surface area (TPSA) is 58.4 Å². The highest BCUT2D eigenvalue weighted by Crippen LogP contribution is 2.22. The van der Waals surface area contributed by atoms with Gasteiger partial charge in [-0.1, -0.05) is 31.0 Å². The number of hydrogen-bond donors (Lipinski definition) is 2. The Labute approximate surface area is 134 Å². The summed E-state index contributed by atoms with van der Waals surface area (Å²) in [5.41, 5.74) is 6.75. The second-order valence-electron chi connectivity index (χ2n) is 6.19. The van der Waals surface area contributed by atoms with Gasteiger partial charge in [0.1, 0.15) is 0 Å². The number of carbonyl (C=O) groups excluding carboxylic acids is 1. The molecule has 1 aromatic carbocycles. The monoisotopic (exact) mass is 303 g/mol. The molecule has 0 aromatic heterocycles. The van der Waals surface area contributed by atoms with Crippen LogP contribution in [0.15, 0.2) is 30.3 Å². The second-order valence-corrected chi connectivity index (χ2v) is 6.19. The summed E-state index contributed by atoms with van der Waals surface area (Å²) in [4.78, 5) is 14.2. The van der Waals surface area contributed by atoms with Gasteiger partial charge in [0.05, 0.1) is 0 Å². The van der Waals surface area contributed by atoms with Crippen LogP contribution >= 0.6 is 0 Å². The largest absolute Gasteiger partial charge is 0.371 e. The minimum atomic E-state index is 0.200. The maximum Gasteiger partial charge on any atom is 0.220 e. The van der Waals surface area contributed by atoms with E-state index in [4.69, 9.17) is 5.73 Å². The number of benzene rings is 1. The van der Waals surface area contributed by atoms with Crippen LogP contribution in [0.3, 0.4) is 0 Å². The summed E-state index contributed by atoms with van der Waals surface area (Å²) in [6, 6.07) is 10.5. The summed E-state index contributed by atoms with van der Waals surface area (Å²) in [5.74, 6) is 0.771. The van der Waals surface area contributed by atoms with Crippen molar-refractivity contribution in [2.24, 2.45) is 11.7 Å². The van der Waals surface area contributed by atoms with Gasteiger partial charge in [0.15, 0.2) is 0 Å². The van der Waals surface area contributed by atoms with E-state index in [0.29, 0.717) is 12.3 Å². The Hall–Kier alpha value is -1.55. The van der Waals surface area contributed by atoms with Crippen LogP contribution in [0.5, 0.6) is 0 Å². The molecule has 0 spiro atoms. The molecule has 0 saturated carbocycles. The first-order valence-corrected chi connectivity index (χ1v) is 8.56. The highest BCUT2D eigenvalue weighted by atomic mass is 16.1. The van der Waals surface area contributed by atoms with Gasteiger partial charge in [-0.15, -0.1) is 0 Å². The molecule has 122 valence electrons. The average molecular weight is 303 g/mol. The van der Waals surface area contributed by atoms with Crippen molar-refractivity contribution in [3.63, 3.8) is 0 Å². The van der Waals surface area contributed by atoms with Gasteiger partial charge in [-0.2, -0.15) is 0 Å². The number of unbranched alkanes of at least 4 members (excludes halogenated alkanes) is 3. The van der Waals surface area contributed by atoms with Crippen molar-refractivity contribution in [3.8, 4) is 0 Å². The smallest absolute Gasteiger partial charge is 0.220 e. The third kappa shape index (κ3) is 5.68. The van der Waals surface area contributed by atoms with Gasteiger partial charge in [0.2, 0.25) is 5.91 Å². The molecule has 1 unspecified atom stereocenters. The third-order valence-corrected chi connectivity index (χ3v) is 4.35. The molecule has 1 aromatic rings. The van der Waals surface area contributed by atoms with Crippen molar-refractivity contribution in [3.05, 3.63) is 30.3 Å². The van der Waals surface area contributed by atoms with E-state index in [-0.39, 0.29) is 5.91 Å². The van der Waals surface area contributed by atoms with E-state index < -0.39 is 0 Å². The van der Waals surface area contributed by atoms with Gasteiger partial charge in [0, 0.05) is 31.7 Å². The molecule has 0 aliphatic carbocycles. The predicted octanol–water partition coefficient (Wildman–Crippen LogP) is 2.54. The molecule has 1 amide bonds. The van der Waals surface area contributed by atoms with Gasteiger partial charge in [-0.3, -0.25) is 4.79 Å². The molecule has 1 aliphatic rings. The fourth-order valence-electron chi connectivity index (χ4n) is 3.00. The first kappa shape index (κ1) is 16.8. The van der Waals surface area contributed by atoms with Crippen LogP contribution in [0.4, 0.5) is 5.69 Å². The van der Waals surface area contributed by atoms with Gasteiger partial charge < -0.3 is 16.0 Å². The van der Waals surface area contributed by atoms with Crippen LogP contribution in [-0.4, -0.2) is 32.1 Å². The van der Waals surface area contributed by atoms with Crippen molar-refractivity contribution in [1.29, 1.82) is 0 Å². The lowest BCUT2D eigenvalue weighted by Crippen LogP contribution is -2.30. The SMILES string of the molecule is NCCCCCCC(=O)NCC1CCN(c2ccccc2)C1. The quantitative estimate of drug-likeness (QED) is 0.689. The van der Waals surface area contributed by atoms with Crippen molar-refractivity contribution < 1.29 is 4.79 Å². The van der Waals surface area contributed by atoms with Crippen LogP contribution in [0, 0.1) is 5.92 Å². The van der Waals surface area contributed by atoms with Crippen molar-refractivity contribution >= 4 is 11.6 Å².